The van der Waals surface area contributed by atoms with Crippen LogP contribution < -0.4 is 14.5 Å². The van der Waals surface area contributed by atoms with E-state index < -0.39 is 0 Å². The number of hydrogen-bond acceptors (Lipinski definition) is 4. The minimum absolute atomic E-state index is 0.0689. The first-order valence-electron chi connectivity index (χ1n) is 13.7. The van der Waals surface area contributed by atoms with E-state index in [1.807, 2.05) is 72.5 Å². The molecule has 6 rings (SSSR count). The summed E-state index contributed by atoms with van der Waals surface area (Å²) in [7, 11) is 0. The van der Waals surface area contributed by atoms with Crippen LogP contribution in [0.25, 0.3) is 6.08 Å². The van der Waals surface area contributed by atoms with Gasteiger partial charge in [0, 0.05) is 31.7 Å². The van der Waals surface area contributed by atoms with Gasteiger partial charge in [-0.05, 0) is 60.5 Å². The van der Waals surface area contributed by atoms with Gasteiger partial charge in [0.2, 0.25) is 0 Å². The topological polar surface area (TPSA) is 53.1 Å². The van der Waals surface area contributed by atoms with Crippen molar-refractivity contribution in [2.75, 3.05) is 36.0 Å². The van der Waals surface area contributed by atoms with Gasteiger partial charge in [0.1, 0.15) is 5.82 Å². The van der Waals surface area contributed by atoms with Crippen LogP contribution in [0.15, 0.2) is 103 Å². The summed E-state index contributed by atoms with van der Waals surface area (Å²) in [5.41, 5.74) is 4.78. The molecule has 41 heavy (non-hydrogen) atoms. The molecule has 0 saturated carbocycles. The van der Waals surface area contributed by atoms with Crippen molar-refractivity contribution in [3.8, 4) is 5.75 Å². The summed E-state index contributed by atoms with van der Waals surface area (Å²) in [6, 6.07) is 29.5. The number of carbonyl (C=O) groups is 2. The number of nitrogens with zero attached hydrogens (tertiary/aromatic N) is 3. The predicted molar refractivity (Wildman–Crippen MR) is 158 cm³/mol. The monoisotopic (exact) mass is 547 g/mol. The molecule has 1 fully saturated rings. The number of anilines is 2. The SMILES string of the molecule is Cc1cccc(CN2C(=O)C(=Cc3ccc(C(=O)N4CCN(c5ccccc5F)CC4)cc3)Oc3ccccc32)c1. The average molecular weight is 548 g/mol. The summed E-state index contributed by atoms with van der Waals surface area (Å²) in [6.07, 6.45) is 1.71. The lowest BCUT2D eigenvalue weighted by Crippen LogP contribution is -2.49. The van der Waals surface area contributed by atoms with Gasteiger partial charge in [0.15, 0.2) is 11.5 Å². The Labute approximate surface area is 238 Å². The molecule has 0 aromatic heterocycles. The van der Waals surface area contributed by atoms with Crippen molar-refractivity contribution < 1.29 is 18.7 Å². The third-order valence-electron chi connectivity index (χ3n) is 7.47. The zero-order chi connectivity index (χ0) is 28.3. The van der Waals surface area contributed by atoms with Gasteiger partial charge in [-0.1, -0.05) is 66.2 Å². The van der Waals surface area contributed by atoms with Crippen LogP contribution in [0.4, 0.5) is 15.8 Å². The van der Waals surface area contributed by atoms with E-state index in [-0.39, 0.29) is 23.4 Å². The molecule has 4 aromatic rings. The number of rotatable bonds is 5. The molecule has 6 nitrogen and oxygen atoms in total. The normalized spacial score (nSPS) is 16.0. The Kier molecular flexibility index (Phi) is 7.25. The zero-order valence-corrected chi connectivity index (χ0v) is 22.8. The molecule has 0 aliphatic carbocycles. The van der Waals surface area contributed by atoms with Gasteiger partial charge in [0.25, 0.3) is 11.8 Å². The van der Waals surface area contributed by atoms with Crippen molar-refractivity contribution in [2.45, 2.75) is 13.5 Å². The fourth-order valence-corrected chi connectivity index (χ4v) is 5.33. The molecule has 7 heteroatoms. The molecule has 0 bridgehead atoms. The molecule has 0 spiro atoms. The van der Waals surface area contributed by atoms with Crippen molar-refractivity contribution in [2.24, 2.45) is 0 Å². The minimum Gasteiger partial charge on any atom is -0.449 e. The third kappa shape index (κ3) is 5.57. The molecule has 2 aliphatic rings. The number of amides is 2. The predicted octanol–water partition coefficient (Wildman–Crippen LogP) is 6.06. The second-order valence-electron chi connectivity index (χ2n) is 10.3. The lowest BCUT2D eigenvalue weighted by Gasteiger charge is -2.36. The molecule has 1 saturated heterocycles. The van der Waals surface area contributed by atoms with E-state index >= 15 is 0 Å². The number of ether oxygens (including phenoxy) is 1. The Balaban J connectivity index is 1.16. The first-order chi connectivity index (χ1) is 20.0. The molecule has 4 aromatic carbocycles. The van der Waals surface area contributed by atoms with E-state index in [0.29, 0.717) is 49.7 Å². The molecule has 0 N–H and O–H groups in total. The van der Waals surface area contributed by atoms with Gasteiger partial charge in [-0.2, -0.15) is 0 Å². The number of carbonyl (C=O) groups excluding carboxylic acids is 2. The van der Waals surface area contributed by atoms with Crippen LogP contribution in [0.5, 0.6) is 5.75 Å². The van der Waals surface area contributed by atoms with Crippen LogP contribution in [0, 0.1) is 12.7 Å². The number of para-hydroxylation sites is 3. The standard InChI is InChI=1S/C34H30FN3O3/c1-24-7-6-8-26(21-24)23-38-30-11-4-5-12-31(30)41-32(34(38)40)22-25-13-15-27(16-14-25)33(39)37-19-17-36(18-20-37)29-10-3-2-9-28(29)35/h2-16,21-22H,17-20,23H2,1H3. The highest BCUT2D eigenvalue weighted by molar-refractivity contribution is 6.09. The maximum absolute atomic E-state index is 14.2. The zero-order valence-electron chi connectivity index (χ0n) is 22.8. The van der Waals surface area contributed by atoms with Crippen molar-refractivity contribution in [1.82, 2.24) is 4.90 Å². The summed E-state index contributed by atoms with van der Waals surface area (Å²) < 4.78 is 20.2. The van der Waals surface area contributed by atoms with Gasteiger partial charge >= 0.3 is 0 Å². The van der Waals surface area contributed by atoms with Crippen LogP contribution in [0.1, 0.15) is 27.0 Å². The summed E-state index contributed by atoms with van der Waals surface area (Å²) >= 11 is 0. The maximum Gasteiger partial charge on any atom is 0.294 e. The molecule has 206 valence electrons. The van der Waals surface area contributed by atoms with E-state index in [9.17, 15) is 14.0 Å². The van der Waals surface area contributed by atoms with Crippen molar-refractivity contribution in [3.63, 3.8) is 0 Å². The minimum atomic E-state index is -0.251. The maximum atomic E-state index is 14.2. The van der Waals surface area contributed by atoms with Crippen LogP contribution in [-0.2, 0) is 11.3 Å². The van der Waals surface area contributed by atoms with Gasteiger partial charge < -0.3 is 14.5 Å². The molecular formula is C34H30FN3O3. The molecule has 0 unspecified atom stereocenters. The number of halogens is 1. The molecule has 0 atom stereocenters. The summed E-state index contributed by atoms with van der Waals surface area (Å²) in [5.74, 6) is 0.296. The second-order valence-corrected chi connectivity index (χ2v) is 10.3. The summed E-state index contributed by atoms with van der Waals surface area (Å²) in [6.45, 7) is 4.61. The number of aryl methyl sites for hydroxylation is 1. The van der Waals surface area contributed by atoms with E-state index in [1.54, 1.807) is 40.1 Å². The number of benzene rings is 4. The quantitative estimate of drug-likeness (QED) is 0.285. The van der Waals surface area contributed by atoms with Gasteiger partial charge in [-0.25, -0.2) is 4.39 Å². The molecular weight excluding hydrogens is 517 g/mol. The Morgan fingerprint density at radius 2 is 1.56 bits per heavy atom. The van der Waals surface area contributed by atoms with Crippen LogP contribution >= 0.6 is 0 Å². The highest BCUT2D eigenvalue weighted by Crippen LogP contribution is 2.36. The van der Waals surface area contributed by atoms with Crippen LogP contribution in [0.2, 0.25) is 0 Å². The number of piperazine rings is 1. The Morgan fingerprint density at radius 1 is 0.854 bits per heavy atom. The van der Waals surface area contributed by atoms with E-state index in [2.05, 4.69) is 6.07 Å². The largest absolute Gasteiger partial charge is 0.449 e. The lowest BCUT2D eigenvalue weighted by molar-refractivity contribution is -0.117. The Bertz CT molecular complexity index is 1620. The second kappa shape index (κ2) is 11.3. The molecule has 0 radical (unpaired) electrons. The number of fused-ring (bicyclic) bond motifs is 1. The van der Waals surface area contributed by atoms with Crippen molar-refractivity contribution in [3.05, 3.63) is 131 Å². The Morgan fingerprint density at radius 3 is 2.29 bits per heavy atom. The molecule has 2 aliphatic heterocycles. The highest BCUT2D eigenvalue weighted by Gasteiger charge is 2.30. The fourth-order valence-electron chi connectivity index (χ4n) is 5.33. The van der Waals surface area contributed by atoms with Crippen LogP contribution in [0.3, 0.4) is 0 Å². The van der Waals surface area contributed by atoms with E-state index in [1.165, 1.54) is 6.07 Å². The van der Waals surface area contributed by atoms with Crippen LogP contribution in [-0.4, -0.2) is 42.9 Å². The Hall–Kier alpha value is -4.91. The van der Waals surface area contributed by atoms with Crippen molar-refractivity contribution >= 4 is 29.3 Å². The average Bonchev–Trinajstić information content (AvgIpc) is 3.00. The highest BCUT2D eigenvalue weighted by atomic mass is 19.1. The van der Waals surface area contributed by atoms with Crippen molar-refractivity contribution in [1.29, 1.82) is 0 Å². The summed E-state index contributed by atoms with van der Waals surface area (Å²) in [5, 5.41) is 0. The smallest absolute Gasteiger partial charge is 0.294 e. The fraction of sp³-hybridized carbons (Fsp3) is 0.176. The summed E-state index contributed by atoms with van der Waals surface area (Å²) in [4.78, 5) is 32.2. The number of hydrogen-bond donors (Lipinski definition) is 0. The van der Waals surface area contributed by atoms with Gasteiger partial charge in [0.05, 0.1) is 17.9 Å². The first-order valence-corrected chi connectivity index (χ1v) is 13.7. The third-order valence-corrected chi connectivity index (χ3v) is 7.47. The van der Waals surface area contributed by atoms with E-state index in [0.717, 1.165) is 22.4 Å². The van der Waals surface area contributed by atoms with Gasteiger partial charge in [-0.15, -0.1) is 0 Å². The molecule has 2 amide bonds. The first kappa shape index (κ1) is 26.3. The van der Waals surface area contributed by atoms with Gasteiger partial charge in [-0.3, -0.25) is 14.5 Å². The van der Waals surface area contributed by atoms with E-state index in [4.69, 9.17) is 4.74 Å². The lowest BCUT2D eigenvalue weighted by atomic mass is 10.1. The molecule has 2 heterocycles.